The Morgan fingerprint density at radius 3 is 2.11 bits per heavy atom. The number of hydrogen-bond acceptors (Lipinski definition) is 6. The van der Waals surface area contributed by atoms with Gasteiger partial charge in [-0.05, 0) is 30.7 Å². The van der Waals surface area contributed by atoms with Crippen molar-refractivity contribution in [2.75, 3.05) is 17.7 Å². The van der Waals surface area contributed by atoms with Crippen molar-refractivity contribution in [2.45, 2.75) is 11.9 Å². The lowest BCUT2D eigenvalue weighted by atomic mass is 10.3. The first-order valence-electron chi connectivity index (χ1n) is 5.38. The smallest absolute Gasteiger partial charge is 0.192 e. The second-order valence-corrected chi connectivity index (χ2v) is 5.96. The summed E-state index contributed by atoms with van der Waals surface area (Å²) in [5.41, 5.74) is 13.0. The standard InChI is InChI=1S/C6H8N2O2S.C6H8N2/c1-11(9,10)6-3-2-5(7)4-8-6;1-5-2-6(7)4-8-3-5/h2-4H,7H2,1H3;2-4H,7H2,1H3. The number of anilines is 2. The second-order valence-electron chi connectivity index (χ2n) is 4.00. The number of aryl methyl sites for hydroxylation is 1. The Balaban J connectivity index is 0.000000200. The maximum atomic E-state index is 10.8. The summed E-state index contributed by atoms with van der Waals surface area (Å²) in [7, 11) is -3.19. The van der Waals surface area contributed by atoms with Crippen LogP contribution in [-0.2, 0) is 9.84 Å². The number of hydrogen-bond donors (Lipinski definition) is 2. The van der Waals surface area contributed by atoms with Crippen molar-refractivity contribution >= 4 is 21.2 Å². The number of nitrogen functional groups attached to an aromatic ring is 2. The van der Waals surface area contributed by atoms with Gasteiger partial charge in [0.1, 0.15) is 0 Å². The monoisotopic (exact) mass is 280 g/mol. The molecule has 102 valence electrons. The molecule has 0 unspecified atom stereocenters. The van der Waals surface area contributed by atoms with Gasteiger partial charge in [0.2, 0.25) is 0 Å². The maximum absolute atomic E-state index is 10.8. The van der Waals surface area contributed by atoms with E-state index in [2.05, 4.69) is 9.97 Å². The van der Waals surface area contributed by atoms with Gasteiger partial charge in [-0.25, -0.2) is 13.4 Å². The van der Waals surface area contributed by atoms with Gasteiger partial charge < -0.3 is 11.5 Å². The highest BCUT2D eigenvalue weighted by Gasteiger charge is 2.06. The molecule has 0 radical (unpaired) electrons. The molecule has 6 nitrogen and oxygen atoms in total. The molecule has 0 saturated carbocycles. The van der Waals surface area contributed by atoms with Gasteiger partial charge in [-0.1, -0.05) is 0 Å². The Labute approximate surface area is 112 Å². The molecule has 0 aliphatic heterocycles. The predicted octanol–water partition coefficient (Wildman–Crippen LogP) is 1.04. The SMILES string of the molecule is CS(=O)(=O)c1ccc(N)cn1.Cc1cncc(N)c1. The van der Waals surface area contributed by atoms with E-state index in [4.69, 9.17) is 11.5 Å². The summed E-state index contributed by atoms with van der Waals surface area (Å²) in [4.78, 5) is 7.50. The highest BCUT2D eigenvalue weighted by atomic mass is 32.2. The van der Waals surface area contributed by atoms with Crippen LogP contribution in [0.25, 0.3) is 0 Å². The lowest BCUT2D eigenvalue weighted by molar-refractivity contribution is 0.598. The zero-order valence-electron chi connectivity index (χ0n) is 10.7. The van der Waals surface area contributed by atoms with Crippen LogP contribution >= 0.6 is 0 Å². The highest BCUT2D eigenvalue weighted by Crippen LogP contribution is 2.06. The first-order chi connectivity index (χ1) is 8.79. The fourth-order valence-electron chi connectivity index (χ4n) is 1.19. The van der Waals surface area contributed by atoms with E-state index in [-0.39, 0.29) is 5.03 Å². The number of sulfone groups is 1. The van der Waals surface area contributed by atoms with Crippen LogP contribution in [0.1, 0.15) is 5.56 Å². The molecule has 2 aromatic heterocycles. The highest BCUT2D eigenvalue weighted by molar-refractivity contribution is 7.90. The number of nitrogens with two attached hydrogens (primary N) is 2. The normalized spacial score (nSPS) is 10.4. The Morgan fingerprint density at radius 1 is 1.05 bits per heavy atom. The van der Waals surface area contributed by atoms with Crippen LogP contribution in [-0.4, -0.2) is 24.6 Å². The summed E-state index contributed by atoms with van der Waals surface area (Å²) in [6.45, 7) is 1.96. The molecular formula is C12H16N4O2S. The molecule has 0 atom stereocenters. The molecule has 2 rings (SSSR count). The first kappa shape index (κ1) is 14.9. The van der Waals surface area contributed by atoms with E-state index in [1.165, 1.54) is 18.3 Å². The second kappa shape index (κ2) is 6.14. The van der Waals surface area contributed by atoms with Gasteiger partial charge in [0.15, 0.2) is 14.9 Å². The molecule has 0 bridgehead atoms. The van der Waals surface area contributed by atoms with Crippen molar-refractivity contribution in [3.8, 4) is 0 Å². The summed E-state index contributed by atoms with van der Waals surface area (Å²) in [5.74, 6) is 0. The summed E-state index contributed by atoms with van der Waals surface area (Å²) >= 11 is 0. The Kier molecular flexibility index (Phi) is 4.82. The average molecular weight is 280 g/mol. The molecule has 0 spiro atoms. The lowest BCUT2D eigenvalue weighted by Crippen LogP contribution is -2.00. The molecule has 2 aromatic rings. The number of nitrogens with zero attached hydrogens (tertiary/aromatic N) is 2. The quantitative estimate of drug-likeness (QED) is 0.807. The fraction of sp³-hybridized carbons (Fsp3) is 0.167. The average Bonchev–Trinajstić information content (AvgIpc) is 2.28. The van der Waals surface area contributed by atoms with E-state index in [1.54, 1.807) is 12.4 Å². The van der Waals surface area contributed by atoms with E-state index in [9.17, 15) is 8.42 Å². The topological polar surface area (TPSA) is 112 Å². The van der Waals surface area contributed by atoms with Crippen LogP contribution in [0.4, 0.5) is 11.4 Å². The minimum atomic E-state index is -3.19. The lowest BCUT2D eigenvalue weighted by Gasteiger charge is -1.95. The minimum absolute atomic E-state index is 0.0479. The van der Waals surface area contributed by atoms with Crippen LogP contribution in [0.2, 0.25) is 0 Å². The molecule has 19 heavy (non-hydrogen) atoms. The molecule has 0 aliphatic rings. The van der Waals surface area contributed by atoms with Gasteiger partial charge in [0, 0.05) is 18.6 Å². The van der Waals surface area contributed by atoms with Crippen molar-refractivity contribution in [1.29, 1.82) is 0 Å². The number of pyridine rings is 2. The molecule has 4 N–H and O–H groups in total. The van der Waals surface area contributed by atoms with Crippen LogP contribution < -0.4 is 11.5 Å². The number of aromatic nitrogens is 2. The minimum Gasteiger partial charge on any atom is -0.397 e. The van der Waals surface area contributed by atoms with Gasteiger partial charge in [-0.3, -0.25) is 4.98 Å². The fourth-order valence-corrected chi connectivity index (χ4v) is 1.75. The van der Waals surface area contributed by atoms with Crippen LogP contribution in [0.5, 0.6) is 0 Å². The summed E-state index contributed by atoms with van der Waals surface area (Å²) < 4.78 is 21.7. The van der Waals surface area contributed by atoms with Crippen molar-refractivity contribution in [3.05, 3.63) is 42.4 Å². The molecule has 0 aliphatic carbocycles. The van der Waals surface area contributed by atoms with Gasteiger partial charge in [-0.2, -0.15) is 0 Å². The molecule has 0 amide bonds. The third-order valence-electron chi connectivity index (χ3n) is 2.04. The third kappa shape index (κ3) is 5.35. The van der Waals surface area contributed by atoms with Gasteiger partial charge in [0.25, 0.3) is 0 Å². The largest absolute Gasteiger partial charge is 0.397 e. The molecule has 0 saturated heterocycles. The van der Waals surface area contributed by atoms with E-state index in [1.807, 2.05) is 13.0 Å². The zero-order chi connectivity index (χ0) is 14.5. The van der Waals surface area contributed by atoms with Crippen LogP contribution in [0.15, 0.2) is 41.8 Å². The third-order valence-corrected chi connectivity index (χ3v) is 3.04. The van der Waals surface area contributed by atoms with Crippen molar-refractivity contribution in [1.82, 2.24) is 9.97 Å². The van der Waals surface area contributed by atoms with E-state index in [0.29, 0.717) is 5.69 Å². The van der Waals surface area contributed by atoms with Gasteiger partial charge in [0.05, 0.1) is 17.6 Å². The van der Waals surface area contributed by atoms with Gasteiger partial charge >= 0.3 is 0 Å². The Hall–Kier alpha value is -2.15. The summed E-state index contributed by atoms with van der Waals surface area (Å²) in [5, 5.41) is 0.0479. The summed E-state index contributed by atoms with van der Waals surface area (Å²) in [6, 6.07) is 4.76. The number of rotatable bonds is 1. The molecule has 7 heteroatoms. The van der Waals surface area contributed by atoms with E-state index < -0.39 is 9.84 Å². The van der Waals surface area contributed by atoms with Crippen molar-refractivity contribution in [3.63, 3.8) is 0 Å². The first-order valence-corrected chi connectivity index (χ1v) is 7.27. The molecule has 0 fully saturated rings. The predicted molar refractivity (Wildman–Crippen MR) is 75.1 cm³/mol. The Morgan fingerprint density at radius 2 is 1.74 bits per heavy atom. The van der Waals surface area contributed by atoms with Crippen molar-refractivity contribution < 1.29 is 8.42 Å². The van der Waals surface area contributed by atoms with E-state index >= 15 is 0 Å². The summed E-state index contributed by atoms with van der Waals surface area (Å²) in [6.07, 6.45) is 5.82. The van der Waals surface area contributed by atoms with E-state index in [0.717, 1.165) is 17.5 Å². The van der Waals surface area contributed by atoms with Gasteiger partial charge in [-0.15, -0.1) is 0 Å². The molecular weight excluding hydrogens is 264 g/mol. The van der Waals surface area contributed by atoms with Crippen LogP contribution in [0, 0.1) is 6.92 Å². The zero-order valence-corrected chi connectivity index (χ0v) is 11.6. The molecule has 0 aromatic carbocycles. The molecule has 2 heterocycles. The Bertz CT molecular complexity index is 622. The van der Waals surface area contributed by atoms with Crippen LogP contribution in [0.3, 0.4) is 0 Å². The van der Waals surface area contributed by atoms with Crippen molar-refractivity contribution in [2.24, 2.45) is 0 Å². The maximum Gasteiger partial charge on any atom is 0.192 e.